The van der Waals surface area contributed by atoms with Gasteiger partial charge in [0.2, 0.25) is 5.91 Å². The number of carbonyl (C=O) groups is 4. The van der Waals surface area contributed by atoms with Crippen molar-refractivity contribution in [3.8, 4) is 0 Å². The van der Waals surface area contributed by atoms with Crippen LogP contribution in [0.3, 0.4) is 0 Å². The Morgan fingerprint density at radius 3 is 0.915 bits per heavy atom. The number of alkyl halides is 1. The highest BCUT2D eigenvalue weighted by Gasteiger charge is 2.64. The van der Waals surface area contributed by atoms with E-state index in [0.29, 0.717) is 27.0 Å². The minimum atomic E-state index is -6.65. The van der Waals surface area contributed by atoms with Gasteiger partial charge in [-0.05, 0) is 24.3 Å². The van der Waals surface area contributed by atoms with E-state index >= 15 is 0 Å². The summed E-state index contributed by atoms with van der Waals surface area (Å²) in [4.78, 5) is 51.3. The van der Waals surface area contributed by atoms with Crippen molar-refractivity contribution in [3.05, 3.63) is 29.8 Å². The van der Waals surface area contributed by atoms with Crippen LogP contribution < -0.4 is 10.6 Å². The molecule has 1 aromatic rings. The molecule has 5 fully saturated rings. The normalized spacial score (nSPS) is 30.9. The predicted octanol–water partition coefficient (Wildman–Crippen LogP) is -9.80. The molecule has 0 aliphatic carbocycles. The number of benzene rings is 1. The fourth-order valence-corrected chi connectivity index (χ4v) is 17.1. The summed E-state index contributed by atoms with van der Waals surface area (Å²) in [6.07, 6.45) is -79.6. The van der Waals surface area contributed by atoms with Gasteiger partial charge in [-0.2, -0.15) is 92.6 Å². The number of methoxy groups -OCH3 is 3. The Bertz CT molecular complexity index is 5310. The van der Waals surface area contributed by atoms with Gasteiger partial charge in [-0.1, -0.05) is 22.6 Å². The zero-order valence-corrected chi connectivity index (χ0v) is 75.7. The maximum atomic E-state index is 13.6. The van der Waals surface area contributed by atoms with Crippen LogP contribution in [0.4, 0.5) is 5.69 Å². The van der Waals surface area contributed by atoms with E-state index in [1.807, 2.05) is 22.6 Å². The van der Waals surface area contributed by atoms with Crippen LogP contribution in [0, 0.1) is 0 Å². The molecule has 0 bridgehead atoms. The number of rotatable bonds is 54. The summed E-state index contributed by atoms with van der Waals surface area (Å²) in [7, 11) is -67.3. The quantitative estimate of drug-likeness (QED) is 0.0125. The third-order valence-corrected chi connectivity index (χ3v) is 22.3. The Kier molecular flexibility index (Phi) is 42.2. The number of ether oxygens (including phenoxy) is 16. The van der Waals surface area contributed by atoms with Gasteiger partial charge in [0.15, 0.2) is 74.2 Å². The molecule has 5 aliphatic heterocycles. The lowest BCUT2D eigenvalue weighted by atomic mass is 9.95. The zero-order chi connectivity index (χ0) is 98.2. The fraction of sp³-hybridized carbons (Fsp3) is 0.800. The number of carboxylic acids is 2. The molecule has 2 amide bonds. The summed E-state index contributed by atoms with van der Waals surface area (Å²) in [5, 5.41) is 26.9. The average molecular weight is 2240 g/mol. The first-order valence-corrected chi connectivity index (χ1v) is 50.8. The first-order chi connectivity index (χ1) is 59.6. The molecule has 0 spiro atoms. The number of aliphatic carboxylic acids is 2. The SMILES string of the molecule is CO[C@H]1O[C@H](COS(=O)(=O)O)[C@@H](O[C@@H]2O[C@@H](C(=O)O)[C@@H](O[C@H]3O[C@H](COS(=O)(=O)O)[C@@H](O[C@@H]4O[C@H](C(=O)O)[C@@H](O[C@H]5O[C@H](COS(=O)(=O)O)[C@@H](OCCOCCOCCOCCNC(=O)c6ccc(NC(=O)CI)cc6)[C@H](OS(=O)(=O)O)[C@H]5OS(=O)(=O)O)[C@H](OC)[C@H]4OS(=O)(=O)O)[C@H](OS(=O)(=O)O)[C@H]3OS(=O)(=O)O)[C@H](OC)[C@H]2OS(=O)(=O)O)[C@H](OS(=O)(=O)O)[C@H]1OS(=O)(=O)O. The van der Waals surface area contributed by atoms with Crippen molar-refractivity contribution in [2.45, 2.75) is 154 Å². The standard InChI is InChI=1S/C50H77IN2O66S11/c1-93-29-31(108-47-41(118-129(87,88)89)33(112-123(69,70)71)26(22(104-47)17-100-120(60,61)62)99-15-14-98-13-12-97-11-10-96-9-8-52-43(55)20-4-6-21(7-5-20)53-25(54)16-51)36(44(56)57)111-50(39(29)116-127(81,82)83)107-28-24(19-102-122(66,67)68)105-48(42(119-130(90,91)92)35(28)114-125(75,76)77)109-32-30(94-2)38(115-126(78,79)80)49(110-37(32)45(58)59)106-27-23(18-101-121(63,64)65)103-46(95-3)40(117-128(84,85)86)34(27)113-124(72,73)74/h4-7,22-24,26-42,46-50H,8-19H2,1-3H3,(H,52,55)(H,53,54)(H,56,57)(H,58,59)(H,60,61,62)(H,63,64,65)(H,66,67,68)(H,69,70,71)(H,72,73,74)(H,75,76,77)(H,78,79,80)(H,81,82,83)(H,84,85,86)(H,87,88,89)(H,90,91,92)/t22-,23-,24-,26-,27-,28-,29+,30+,31+,32+,33+,34+,35+,36+,37-,38-,39-,40-,41-,42-,46+,47-,48-,49-,50-/m1/s1. The maximum absolute atomic E-state index is 13.6. The molecule has 15 N–H and O–H groups in total. The second kappa shape index (κ2) is 47.9. The highest BCUT2D eigenvalue weighted by molar-refractivity contribution is 14.1. The first kappa shape index (κ1) is 114. The van der Waals surface area contributed by atoms with Crippen LogP contribution in [0.2, 0.25) is 0 Å². The van der Waals surface area contributed by atoms with Gasteiger partial charge >= 0.3 is 126 Å². The minimum Gasteiger partial charge on any atom is -0.479 e. The largest absolute Gasteiger partial charge is 0.479 e. The molecule has 5 saturated heterocycles. The van der Waals surface area contributed by atoms with E-state index in [0.717, 1.165) is 0 Å². The van der Waals surface area contributed by atoms with Crippen LogP contribution in [0.1, 0.15) is 10.4 Å². The molecule has 0 radical (unpaired) electrons. The molecular formula is C50H77IN2O66S11. The molecule has 6 rings (SSSR count). The Balaban J connectivity index is 1.38. The number of nitrogens with one attached hydrogen (secondary N) is 2. The number of hydrogen-bond donors (Lipinski definition) is 15. The predicted molar refractivity (Wildman–Crippen MR) is 399 cm³/mol. The molecule has 756 valence electrons. The van der Waals surface area contributed by atoms with Gasteiger partial charge in [-0.15, -0.1) is 0 Å². The number of carboxylic acid groups (broad SMARTS) is 2. The smallest absolute Gasteiger partial charge is 0.397 e. The summed E-state index contributed by atoms with van der Waals surface area (Å²) < 4.78 is 522. The van der Waals surface area contributed by atoms with E-state index in [1.54, 1.807) is 0 Å². The Hall–Kier alpha value is -4.24. The van der Waals surface area contributed by atoms with Gasteiger partial charge in [-0.3, -0.25) is 59.7 Å². The molecule has 1 aromatic carbocycles. The maximum Gasteiger partial charge on any atom is 0.397 e. The van der Waals surface area contributed by atoms with Crippen LogP contribution in [0.25, 0.3) is 0 Å². The van der Waals surface area contributed by atoms with Crippen LogP contribution in [0.15, 0.2) is 24.3 Å². The van der Waals surface area contributed by atoms with Crippen LogP contribution in [0.5, 0.6) is 0 Å². The third-order valence-electron chi connectivity index (χ3n) is 16.6. The average Bonchev–Trinajstić information content (AvgIpc) is 0.750. The van der Waals surface area contributed by atoms with Crippen molar-refractivity contribution in [1.82, 2.24) is 5.32 Å². The Morgan fingerprint density at radius 1 is 0.331 bits per heavy atom. The lowest BCUT2D eigenvalue weighted by molar-refractivity contribution is -0.383. The van der Waals surface area contributed by atoms with Gasteiger partial charge in [0.05, 0.1) is 70.5 Å². The fourth-order valence-electron chi connectivity index (χ4n) is 12.1. The van der Waals surface area contributed by atoms with Gasteiger partial charge < -0.3 is 96.6 Å². The highest BCUT2D eigenvalue weighted by Crippen LogP contribution is 2.43. The van der Waals surface area contributed by atoms with E-state index in [9.17, 15) is 172 Å². The number of amides is 2. The summed E-state index contributed by atoms with van der Waals surface area (Å²) in [6, 6.07) is 5.93. The van der Waals surface area contributed by atoms with Crippen LogP contribution in [-0.4, -0.2) is 429 Å². The van der Waals surface area contributed by atoms with E-state index in [1.165, 1.54) is 24.3 Å². The lowest BCUT2D eigenvalue weighted by Gasteiger charge is -2.51. The Labute approximate surface area is 747 Å². The molecule has 5 aliphatic rings. The molecule has 0 aromatic heterocycles. The monoisotopic (exact) mass is 2240 g/mol. The van der Waals surface area contributed by atoms with Crippen molar-refractivity contribution in [1.29, 1.82) is 0 Å². The van der Waals surface area contributed by atoms with E-state index in [-0.39, 0.29) is 55.5 Å². The van der Waals surface area contributed by atoms with Crippen molar-refractivity contribution in [3.63, 3.8) is 0 Å². The molecule has 68 nitrogen and oxygen atoms in total. The minimum absolute atomic E-state index is 0.0208. The number of halogens is 1. The molecule has 130 heavy (non-hydrogen) atoms. The molecular weight excluding hydrogens is 2160 g/mol. The summed E-state index contributed by atoms with van der Waals surface area (Å²) in [6.45, 7) is -8.24. The van der Waals surface area contributed by atoms with Crippen molar-refractivity contribution in [2.24, 2.45) is 0 Å². The molecule has 0 unspecified atom stereocenters. The van der Waals surface area contributed by atoms with Crippen LogP contribution in [-0.2, 0) is 251 Å². The van der Waals surface area contributed by atoms with E-state index in [4.69, 9.17) is 75.8 Å². The summed E-state index contributed by atoms with van der Waals surface area (Å²) >= 11 is 1.86. The number of carbonyl (C=O) groups excluding carboxylic acids is 2. The Morgan fingerprint density at radius 2 is 0.608 bits per heavy atom. The second-order valence-electron chi connectivity index (χ2n) is 25.4. The van der Waals surface area contributed by atoms with Crippen molar-refractivity contribution < 1.29 is 294 Å². The second-order valence-corrected chi connectivity index (χ2v) is 37.8. The van der Waals surface area contributed by atoms with Crippen molar-refractivity contribution in [2.75, 3.05) is 104 Å². The highest BCUT2D eigenvalue weighted by atomic mass is 127. The summed E-state index contributed by atoms with van der Waals surface area (Å²) in [5.41, 5.74) is 0.698. The van der Waals surface area contributed by atoms with E-state index < -0.39 is 319 Å². The summed E-state index contributed by atoms with van der Waals surface area (Å²) in [5.74, 6) is -6.01. The molecule has 25 atom stereocenters. The number of hydrogen-bond acceptors (Lipinski definition) is 53. The van der Waals surface area contributed by atoms with E-state index in [2.05, 4.69) is 56.6 Å². The van der Waals surface area contributed by atoms with Gasteiger partial charge in [0.25, 0.3) is 5.91 Å². The van der Waals surface area contributed by atoms with Gasteiger partial charge in [-0.25, -0.2) is 55.6 Å². The van der Waals surface area contributed by atoms with Gasteiger partial charge in [0.1, 0.15) is 79.4 Å². The van der Waals surface area contributed by atoms with Gasteiger partial charge in [0, 0.05) is 39.1 Å². The molecule has 0 saturated carbocycles. The molecule has 80 heteroatoms. The lowest BCUT2D eigenvalue weighted by Crippen LogP contribution is -2.70. The zero-order valence-electron chi connectivity index (χ0n) is 64.5. The molecule has 5 heterocycles. The van der Waals surface area contributed by atoms with Crippen LogP contribution >= 0.6 is 22.6 Å². The first-order valence-electron chi connectivity index (χ1n) is 34.2. The third kappa shape index (κ3) is 38.6. The topological polar surface area (TPSA) is 980 Å². The number of anilines is 1. The van der Waals surface area contributed by atoms with Crippen molar-refractivity contribution >= 4 is 166 Å².